The highest BCUT2D eigenvalue weighted by molar-refractivity contribution is 5.97. The van der Waals surface area contributed by atoms with Crippen LogP contribution in [0, 0.1) is 0 Å². The van der Waals surface area contributed by atoms with E-state index in [-0.39, 0.29) is 5.91 Å². The Morgan fingerprint density at radius 2 is 1.75 bits per heavy atom. The number of amides is 1. The van der Waals surface area contributed by atoms with Crippen LogP contribution in [0.2, 0.25) is 0 Å². The second-order valence-corrected chi connectivity index (χ2v) is 6.88. The molecule has 0 fully saturated rings. The van der Waals surface area contributed by atoms with Crippen molar-refractivity contribution in [2.24, 2.45) is 0 Å². The van der Waals surface area contributed by atoms with Crippen LogP contribution in [-0.2, 0) is 6.54 Å². The van der Waals surface area contributed by atoms with Crippen LogP contribution in [0.1, 0.15) is 35.7 Å². The normalized spacial score (nSPS) is 11.0. The number of para-hydroxylation sites is 1. The van der Waals surface area contributed by atoms with Gasteiger partial charge >= 0.3 is 0 Å². The summed E-state index contributed by atoms with van der Waals surface area (Å²) in [4.78, 5) is 28.2. The summed E-state index contributed by atoms with van der Waals surface area (Å²) in [6.45, 7) is 3.38. The number of unbranched alkanes of at least 4 members (excludes halogenated alkanes) is 1. The number of hydrogen-bond acceptors (Lipinski definition) is 4. The van der Waals surface area contributed by atoms with Gasteiger partial charge in [-0.05, 0) is 42.3 Å². The van der Waals surface area contributed by atoms with E-state index in [4.69, 9.17) is 0 Å². The number of nitrogens with zero attached hydrogens (tertiary/aromatic N) is 4. The number of pyridine rings is 1. The summed E-state index contributed by atoms with van der Waals surface area (Å²) in [6, 6.07) is 15.6. The molecule has 5 nitrogen and oxygen atoms in total. The lowest BCUT2D eigenvalue weighted by Crippen LogP contribution is -2.31. The summed E-state index contributed by atoms with van der Waals surface area (Å²) in [6.07, 6.45) is 7.15. The first-order chi connectivity index (χ1) is 13.7. The Kier molecular flexibility index (Phi) is 5.24. The van der Waals surface area contributed by atoms with Crippen LogP contribution in [0.5, 0.6) is 0 Å². The molecule has 2 heterocycles. The van der Waals surface area contributed by atoms with Gasteiger partial charge in [0.05, 0.1) is 16.6 Å². The Morgan fingerprint density at radius 1 is 0.929 bits per heavy atom. The predicted molar refractivity (Wildman–Crippen MR) is 111 cm³/mol. The highest BCUT2D eigenvalue weighted by Crippen LogP contribution is 2.18. The Hall–Kier alpha value is -3.34. The maximum absolute atomic E-state index is 13.2. The van der Waals surface area contributed by atoms with Gasteiger partial charge in [-0.2, -0.15) is 0 Å². The van der Waals surface area contributed by atoms with Crippen molar-refractivity contribution in [3.05, 3.63) is 78.2 Å². The molecule has 2 aromatic carbocycles. The number of hydrogen-bond donors (Lipinski definition) is 0. The molecule has 0 N–H and O–H groups in total. The fraction of sp³-hybridized carbons (Fsp3) is 0.217. The summed E-state index contributed by atoms with van der Waals surface area (Å²) < 4.78 is 0. The van der Waals surface area contributed by atoms with E-state index < -0.39 is 0 Å². The van der Waals surface area contributed by atoms with E-state index in [0.717, 1.165) is 40.3 Å². The van der Waals surface area contributed by atoms with E-state index in [1.807, 2.05) is 53.6 Å². The second-order valence-electron chi connectivity index (χ2n) is 6.88. The van der Waals surface area contributed by atoms with Crippen molar-refractivity contribution in [1.82, 2.24) is 19.9 Å². The minimum Gasteiger partial charge on any atom is -0.334 e. The van der Waals surface area contributed by atoms with Gasteiger partial charge in [0, 0.05) is 42.6 Å². The largest absolute Gasteiger partial charge is 0.334 e. The highest BCUT2D eigenvalue weighted by Gasteiger charge is 2.17. The number of carbonyl (C=O) groups excluding carboxylic acids is 1. The van der Waals surface area contributed by atoms with Crippen molar-refractivity contribution >= 4 is 27.8 Å². The molecule has 0 unspecified atom stereocenters. The molecular formula is C23H22N4O. The van der Waals surface area contributed by atoms with Gasteiger partial charge in [0.1, 0.15) is 0 Å². The molecule has 2 aromatic heterocycles. The van der Waals surface area contributed by atoms with E-state index in [9.17, 15) is 4.79 Å². The summed E-state index contributed by atoms with van der Waals surface area (Å²) in [7, 11) is 0. The van der Waals surface area contributed by atoms with E-state index in [0.29, 0.717) is 18.7 Å². The van der Waals surface area contributed by atoms with Crippen molar-refractivity contribution in [3.8, 4) is 0 Å². The molecular weight excluding hydrogens is 348 g/mol. The molecule has 28 heavy (non-hydrogen) atoms. The summed E-state index contributed by atoms with van der Waals surface area (Å²) in [5, 5.41) is 1.09. The Bertz CT molecular complexity index is 1130. The topological polar surface area (TPSA) is 59.0 Å². The summed E-state index contributed by atoms with van der Waals surface area (Å²) in [5.41, 5.74) is 4.15. The summed E-state index contributed by atoms with van der Waals surface area (Å²) in [5.74, 6) is 0.00848. The first-order valence-electron chi connectivity index (χ1n) is 9.58. The van der Waals surface area contributed by atoms with Gasteiger partial charge < -0.3 is 4.90 Å². The lowest BCUT2D eigenvalue weighted by molar-refractivity contribution is 0.0741. The molecule has 0 atom stereocenters. The molecule has 0 spiro atoms. The van der Waals surface area contributed by atoms with Gasteiger partial charge in [-0.25, -0.2) is 0 Å². The Balaban J connectivity index is 1.62. The fourth-order valence-electron chi connectivity index (χ4n) is 3.30. The number of rotatable bonds is 6. The Labute approximate surface area is 164 Å². The van der Waals surface area contributed by atoms with Gasteiger partial charge in [-0.3, -0.25) is 19.7 Å². The average Bonchev–Trinajstić information content (AvgIpc) is 2.75. The van der Waals surface area contributed by atoms with E-state index in [2.05, 4.69) is 27.9 Å². The number of benzene rings is 2. The third-order valence-electron chi connectivity index (χ3n) is 4.81. The molecule has 0 saturated heterocycles. The highest BCUT2D eigenvalue weighted by atomic mass is 16.2. The first-order valence-corrected chi connectivity index (χ1v) is 9.58. The zero-order valence-corrected chi connectivity index (χ0v) is 15.9. The molecule has 0 aliphatic carbocycles. The van der Waals surface area contributed by atoms with Crippen LogP contribution in [0.4, 0.5) is 0 Å². The lowest BCUT2D eigenvalue weighted by atomic mass is 10.1. The van der Waals surface area contributed by atoms with E-state index in [1.54, 1.807) is 12.4 Å². The maximum Gasteiger partial charge on any atom is 0.254 e. The number of fused-ring (bicyclic) bond motifs is 2. The van der Waals surface area contributed by atoms with Crippen molar-refractivity contribution < 1.29 is 4.79 Å². The van der Waals surface area contributed by atoms with Crippen molar-refractivity contribution in [2.45, 2.75) is 26.3 Å². The first kappa shape index (κ1) is 18.0. The fourth-order valence-corrected chi connectivity index (χ4v) is 3.30. The average molecular weight is 370 g/mol. The smallest absolute Gasteiger partial charge is 0.254 e. The second kappa shape index (κ2) is 8.13. The molecule has 0 aliphatic heterocycles. The maximum atomic E-state index is 13.2. The molecule has 0 saturated carbocycles. The van der Waals surface area contributed by atoms with E-state index in [1.165, 1.54) is 0 Å². The standard InChI is InChI=1S/C23H22N4O/c1-2-3-12-27(16-17-13-18-6-4-5-7-20(18)26-15-17)23(28)19-8-9-21-22(14-19)25-11-10-24-21/h4-11,13-15H,2-3,12,16H2,1H3. The monoisotopic (exact) mass is 370 g/mol. The van der Waals surface area contributed by atoms with Crippen molar-refractivity contribution in [1.29, 1.82) is 0 Å². The van der Waals surface area contributed by atoms with Crippen LogP contribution in [-0.4, -0.2) is 32.3 Å². The third-order valence-corrected chi connectivity index (χ3v) is 4.81. The van der Waals surface area contributed by atoms with Gasteiger partial charge in [-0.1, -0.05) is 31.5 Å². The zero-order chi connectivity index (χ0) is 19.3. The molecule has 5 heteroatoms. The van der Waals surface area contributed by atoms with Gasteiger partial charge in [0.2, 0.25) is 0 Å². The van der Waals surface area contributed by atoms with Crippen LogP contribution in [0.15, 0.2) is 67.1 Å². The van der Waals surface area contributed by atoms with Crippen LogP contribution in [0.3, 0.4) is 0 Å². The van der Waals surface area contributed by atoms with Gasteiger partial charge in [-0.15, -0.1) is 0 Å². The van der Waals surface area contributed by atoms with Gasteiger partial charge in [0.15, 0.2) is 0 Å². The molecule has 1 amide bonds. The molecule has 140 valence electrons. The van der Waals surface area contributed by atoms with Crippen LogP contribution < -0.4 is 0 Å². The molecule has 0 aliphatic rings. The van der Waals surface area contributed by atoms with Crippen molar-refractivity contribution in [3.63, 3.8) is 0 Å². The van der Waals surface area contributed by atoms with Crippen molar-refractivity contribution in [2.75, 3.05) is 6.54 Å². The zero-order valence-electron chi connectivity index (χ0n) is 15.9. The molecule has 0 radical (unpaired) electrons. The van der Waals surface area contributed by atoms with Gasteiger partial charge in [0.25, 0.3) is 5.91 Å². The third kappa shape index (κ3) is 3.83. The number of aromatic nitrogens is 3. The quantitative estimate of drug-likeness (QED) is 0.497. The minimum absolute atomic E-state index is 0.00848. The molecule has 4 aromatic rings. The van der Waals surface area contributed by atoms with Crippen LogP contribution >= 0.6 is 0 Å². The van der Waals surface area contributed by atoms with E-state index >= 15 is 0 Å². The lowest BCUT2D eigenvalue weighted by Gasteiger charge is -2.23. The summed E-state index contributed by atoms with van der Waals surface area (Å²) >= 11 is 0. The van der Waals surface area contributed by atoms with Crippen LogP contribution in [0.25, 0.3) is 21.9 Å². The molecule has 0 bridgehead atoms. The minimum atomic E-state index is 0.00848. The Morgan fingerprint density at radius 3 is 2.61 bits per heavy atom. The SMILES string of the molecule is CCCCN(Cc1cnc2ccccc2c1)C(=O)c1ccc2nccnc2c1. The predicted octanol–water partition coefficient (Wildman–Crippen LogP) is 4.62. The number of carbonyl (C=O) groups is 1. The molecule has 4 rings (SSSR count).